The molecule has 1 fully saturated rings. The van der Waals surface area contributed by atoms with E-state index >= 15 is 0 Å². The summed E-state index contributed by atoms with van der Waals surface area (Å²) in [4.78, 5) is 20.2. The Morgan fingerprint density at radius 1 is 1.24 bits per heavy atom. The van der Waals surface area contributed by atoms with Gasteiger partial charge in [-0.1, -0.05) is 24.3 Å². The van der Waals surface area contributed by atoms with E-state index in [-0.39, 0.29) is 6.10 Å². The van der Waals surface area contributed by atoms with Crippen molar-refractivity contribution in [2.45, 2.75) is 25.9 Å². The molecule has 8 nitrogen and oxygen atoms in total. The van der Waals surface area contributed by atoms with Crippen LogP contribution in [0.3, 0.4) is 0 Å². The number of primary amides is 1. The molecule has 1 atom stereocenters. The van der Waals surface area contributed by atoms with Gasteiger partial charge < -0.3 is 25.8 Å². The zero-order valence-electron chi connectivity index (χ0n) is 16.1. The minimum atomic E-state index is -0.614. The van der Waals surface area contributed by atoms with Gasteiger partial charge in [-0.25, -0.2) is 9.78 Å². The van der Waals surface area contributed by atoms with E-state index in [9.17, 15) is 4.79 Å². The van der Waals surface area contributed by atoms with Gasteiger partial charge in [0.2, 0.25) is 11.8 Å². The summed E-state index contributed by atoms with van der Waals surface area (Å²) in [5.41, 5.74) is 6.69. The monoisotopic (exact) mass is 393 g/mol. The van der Waals surface area contributed by atoms with Crippen LogP contribution in [0.4, 0.5) is 16.4 Å². The number of nitrogens with one attached hydrogen (secondary N) is 2. The Balaban J connectivity index is 1.58. The molecule has 2 amide bonds. The lowest BCUT2D eigenvalue weighted by Crippen LogP contribution is -2.19. The van der Waals surface area contributed by atoms with Crippen molar-refractivity contribution in [1.82, 2.24) is 9.97 Å². The van der Waals surface area contributed by atoms with Gasteiger partial charge in [0.25, 0.3) is 0 Å². The Hall–Kier alpha value is -3.39. The van der Waals surface area contributed by atoms with Gasteiger partial charge in [0.05, 0.1) is 11.8 Å². The van der Waals surface area contributed by atoms with Gasteiger partial charge in [-0.15, -0.1) is 0 Å². The maximum absolute atomic E-state index is 11.3. The first kappa shape index (κ1) is 18.9. The average Bonchev–Trinajstić information content (AvgIpc) is 3.21. The standard InChI is InChI=1S/C21H23N5O3/c1-13-11-19(26-21(24-13)23-12-14-5-4-10-28-14)29-18-9-8-17(25-20(22)27)15-6-2-3-7-16(15)18/h2-3,6-9,11,14H,4-5,10,12H2,1H3,(H3,22,25,27)(H,23,24,26). The van der Waals surface area contributed by atoms with Crippen LogP contribution in [0.15, 0.2) is 42.5 Å². The van der Waals surface area contributed by atoms with Crippen LogP contribution in [-0.2, 0) is 4.74 Å². The summed E-state index contributed by atoms with van der Waals surface area (Å²) < 4.78 is 11.7. The molecule has 150 valence electrons. The molecule has 2 aromatic carbocycles. The fourth-order valence-electron chi connectivity index (χ4n) is 3.40. The third-order valence-electron chi connectivity index (χ3n) is 4.70. The molecule has 0 radical (unpaired) electrons. The number of hydrogen-bond donors (Lipinski definition) is 3. The molecule has 0 spiro atoms. The summed E-state index contributed by atoms with van der Waals surface area (Å²) >= 11 is 0. The van der Waals surface area contributed by atoms with Gasteiger partial charge >= 0.3 is 6.03 Å². The Labute approximate surface area is 168 Å². The molecule has 1 aliphatic rings. The number of aryl methyl sites for hydroxylation is 1. The average molecular weight is 393 g/mol. The third-order valence-corrected chi connectivity index (χ3v) is 4.70. The molecule has 1 saturated heterocycles. The molecule has 4 N–H and O–H groups in total. The number of fused-ring (bicyclic) bond motifs is 1. The molecular weight excluding hydrogens is 370 g/mol. The van der Waals surface area contributed by atoms with Gasteiger partial charge in [-0.2, -0.15) is 4.98 Å². The smallest absolute Gasteiger partial charge is 0.316 e. The minimum Gasteiger partial charge on any atom is -0.438 e. The maximum atomic E-state index is 11.3. The topological polar surface area (TPSA) is 111 Å². The van der Waals surface area contributed by atoms with E-state index in [1.54, 1.807) is 18.2 Å². The normalized spacial score (nSPS) is 16.0. The third kappa shape index (κ3) is 4.55. The van der Waals surface area contributed by atoms with Crippen molar-refractivity contribution in [3.8, 4) is 11.6 Å². The highest BCUT2D eigenvalue weighted by molar-refractivity contribution is 6.03. The summed E-state index contributed by atoms with van der Waals surface area (Å²) in [7, 11) is 0. The maximum Gasteiger partial charge on any atom is 0.316 e. The van der Waals surface area contributed by atoms with Crippen LogP contribution in [0.2, 0.25) is 0 Å². The van der Waals surface area contributed by atoms with Crippen LogP contribution in [0, 0.1) is 6.92 Å². The molecule has 8 heteroatoms. The molecule has 3 aromatic rings. The molecule has 1 aromatic heterocycles. The van der Waals surface area contributed by atoms with Gasteiger partial charge in [-0.3, -0.25) is 0 Å². The van der Waals surface area contributed by atoms with Crippen molar-refractivity contribution in [2.24, 2.45) is 5.73 Å². The van der Waals surface area contributed by atoms with Crippen molar-refractivity contribution in [2.75, 3.05) is 23.8 Å². The van der Waals surface area contributed by atoms with Crippen molar-refractivity contribution in [1.29, 1.82) is 0 Å². The van der Waals surface area contributed by atoms with E-state index in [1.165, 1.54) is 0 Å². The van der Waals surface area contributed by atoms with Crippen molar-refractivity contribution < 1.29 is 14.3 Å². The van der Waals surface area contributed by atoms with Crippen molar-refractivity contribution in [3.63, 3.8) is 0 Å². The van der Waals surface area contributed by atoms with Crippen molar-refractivity contribution in [3.05, 3.63) is 48.2 Å². The van der Waals surface area contributed by atoms with Gasteiger partial charge in [-0.05, 0) is 31.9 Å². The van der Waals surface area contributed by atoms with Crippen molar-refractivity contribution >= 4 is 28.4 Å². The predicted molar refractivity (Wildman–Crippen MR) is 111 cm³/mol. The molecule has 29 heavy (non-hydrogen) atoms. The predicted octanol–water partition coefficient (Wildman–Crippen LogP) is 3.81. The van der Waals surface area contributed by atoms with Gasteiger partial charge in [0.1, 0.15) is 5.75 Å². The zero-order valence-corrected chi connectivity index (χ0v) is 16.1. The van der Waals surface area contributed by atoms with Crippen LogP contribution < -0.4 is 21.1 Å². The lowest BCUT2D eigenvalue weighted by atomic mass is 10.1. The van der Waals surface area contributed by atoms with Crippen LogP contribution in [0.5, 0.6) is 11.6 Å². The number of ether oxygens (including phenoxy) is 2. The second kappa shape index (κ2) is 8.32. The largest absolute Gasteiger partial charge is 0.438 e. The second-order valence-corrected chi connectivity index (χ2v) is 6.94. The number of aromatic nitrogens is 2. The van der Waals surface area contributed by atoms with E-state index in [0.29, 0.717) is 29.8 Å². The first-order valence-electron chi connectivity index (χ1n) is 9.56. The van der Waals surface area contributed by atoms with E-state index in [1.807, 2.05) is 31.2 Å². The fourth-order valence-corrected chi connectivity index (χ4v) is 3.40. The molecule has 0 bridgehead atoms. The number of urea groups is 1. The molecular formula is C21H23N5O3. The first-order chi connectivity index (χ1) is 14.1. The minimum absolute atomic E-state index is 0.192. The van der Waals surface area contributed by atoms with Crippen LogP contribution >= 0.6 is 0 Å². The Kier molecular flexibility index (Phi) is 5.44. The number of benzene rings is 2. The Morgan fingerprint density at radius 3 is 2.83 bits per heavy atom. The molecule has 0 saturated carbocycles. The number of nitrogens with zero attached hydrogens (tertiary/aromatic N) is 2. The summed E-state index contributed by atoms with van der Waals surface area (Å²) in [5.74, 6) is 1.57. The quantitative estimate of drug-likeness (QED) is 0.587. The zero-order chi connectivity index (χ0) is 20.2. The summed E-state index contributed by atoms with van der Waals surface area (Å²) in [6.45, 7) is 3.37. The lowest BCUT2D eigenvalue weighted by Gasteiger charge is -2.14. The number of hydrogen-bond acceptors (Lipinski definition) is 6. The molecule has 1 aliphatic heterocycles. The number of rotatable bonds is 6. The van der Waals surface area contributed by atoms with E-state index in [2.05, 4.69) is 20.6 Å². The molecule has 2 heterocycles. The number of nitrogens with two attached hydrogens (primary N) is 1. The summed E-state index contributed by atoms with van der Waals surface area (Å²) in [5, 5.41) is 7.53. The highest BCUT2D eigenvalue weighted by Gasteiger charge is 2.16. The number of carbonyl (C=O) groups excluding carboxylic acids is 1. The molecule has 1 unspecified atom stereocenters. The molecule has 0 aliphatic carbocycles. The lowest BCUT2D eigenvalue weighted by molar-refractivity contribution is 0.120. The molecule has 4 rings (SSSR count). The first-order valence-corrected chi connectivity index (χ1v) is 9.56. The van der Waals surface area contributed by atoms with Crippen LogP contribution in [0.1, 0.15) is 18.5 Å². The number of carbonyl (C=O) groups is 1. The highest BCUT2D eigenvalue weighted by Crippen LogP contribution is 2.34. The van der Waals surface area contributed by atoms with E-state index in [0.717, 1.165) is 35.9 Å². The van der Waals surface area contributed by atoms with E-state index < -0.39 is 6.03 Å². The second-order valence-electron chi connectivity index (χ2n) is 6.94. The van der Waals surface area contributed by atoms with Crippen LogP contribution in [-0.4, -0.2) is 35.3 Å². The van der Waals surface area contributed by atoms with Gasteiger partial charge in [0, 0.05) is 35.7 Å². The number of anilines is 2. The Bertz CT molecular complexity index is 1030. The number of amides is 2. The highest BCUT2D eigenvalue weighted by atomic mass is 16.5. The van der Waals surface area contributed by atoms with Crippen LogP contribution in [0.25, 0.3) is 10.8 Å². The Morgan fingerprint density at radius 2 is 2.07 bits per heavy atom. The summed E-state index contributed by atoms with van der Waals surface area (Å²) in [6.07, 6.45) is 2.32. The van der Waals surface area contributed by atoms with Gasteiger partial charge in [0.15, 0.2) is 0 Å². The SMILES string of the molecule is Cc1cc(Oc2ccc(NC(N)=O)c3ccccc23)nc(NCC2CCCO2)n1. The fraction of sp³-hybridized carbons (Fsp3) is 0.286. The van der Waals surface area contributed by atoms with E-state index in [4.69, 9.17) is 15.2 Å². The summed E-state index contributed by atoms with van der Waals surface area (Å²) in [6, 6.07) is 12.3.